The number of fused-ring (bicyclic) bond motifs is 1. The quantitative estimate of drug-likeness (QED) is 0.00846. The molecule has 0 aliphatic carbocycles. The maximum absolute atomic E-state index is 15.4. The van der Waals surface area contributed by atoms with Gasteiger partial charge in [0.2, 0.25) is 76.8 Å². The molecule has 14 atom stereocenters. The Morgan fingerprint density at radius 3 is 1.01 bits per heavy atom. The van der Waals surface area contributed by atoms with Gasteiger partial charge in [-0.3, -0.25) is 84.0 Å². The highest BCUT2D eigenvalue weighted by molar-refractivity contribution is 7.80. The lowest BCUT2D eigenvalue weighted by Crippen LogP contribution is -2.61. The minimum Gasteiger partial charge on any atom is -0.508 e. The molecule has 0 spiro atoms. The number of likely N-dealkylation sites (tertiary alicyclic amines) is 1. The molecule has 5 rings (SSSR count). The first kappa shape index (κ1) is 119. The number of nitrogens with one attached hydrogen (secondary N) is 22. The van der Waals surface area contributed by atoms with Crippen LogP contribution in [0, 0.1) is 21.6 Å². The van der Waals surface area contributed by atoms with Crippen LogP contribution in [0.3, 0.4) is 0 Å². The predicted octanol–water partition coefficient (Wildman–Crippen LogP) is -6.43. The van der Waals surface area contributed by atoms with Gasteiger partial charge in [-0.1, -0.05) is 66.7 Å². The number of carboxylic acids is 1. The number of carbonyl (C=O) groups is 16. The average molecular weight is 2040 g/mol. The Hall–Kier alpha value is -14.5. The fraction of sp³-hybridized carbons (Fsp3) is 0.533. The van der Waals surface area contributed by atoms with E-state index >= 15 is 28.8 Å². The van der Waals surface area contributed by atoms with E-state index in [-0.39, 0.29) is 217 Å². The van der Waals surface area contributed by atoms with Crippen molar-refractivity contribution in [2.24, 2.45) is 51.6 Å². The fourth-order valence-electron chi connectivity index (χ4n) is 15.3. The van der Waals surface area contributed by atoms with E-state index in [9.17, 15) is 63.3 Å². The molecule has 1 heterocycles. The molecule has 0 bridgehead atoms. The highest BCUT2D eigenvalue weighted by Gasteiger charge is 2.42. The van der Waals surface area contributed by atoms with E-state index < -0.39 is 197 Å². The fourth-order valence-corrected chi connectivity index (χ4v) is 15.8. The third-order valence-corrected chi connectivity index (χ3v) is 23.6. The maximum atomic E-state index is 15.4. The summed E-state index contributed by atoms with van der Waals surface area (Å²) in [6.07, 6.45) is -0.222. The SMILES string of the molecule is N=C(N)NCCC[C@H](NC(=O)[C@H](CS)NC(=O)[C@H](CCCNC(N)=O)NC(=O)[C@H](CCCNC(N)=O)NC(=O)[C@H](Cc1ccc(O)cc1)NC(=O)[C@@H]1CCCN1C(=O)[C@H](CCCCN)NC(=O)[C@H](CCCCN)NC(=O)[C@H](CCCNC(=N)N)NC(=O)[C@H](Cc1ccc(O)cc1)NC(=O)[C@H](CS)NC(=O)[C@H](Cc1ccc2ccccc2c1)NC(=O)[C@H](CCCNC(=N)N)NC(=O)[C@@H](N)CCCNC(=N)N)C(=O)O. The van der Waals surface area contributed by atoms with Crippen LogP contribution >= 0.6 is 25.3 Å². The van der Waals surface area contributed by atoms with Crippen molar-refractivity contribution in [2.45, 2.75) is 232 Å². The number of unbranched alkanes of at least 4 members (excludes halogenated alkanes) is 2. The highest BCUT2D eigenvalue weighted by Crippen LogP contribution is 2.24. The molecule has 51 nitrogen and oxygen atoms in total. The third-order valence-electron chi connectivity index (χ3n) is 22.9. The summed E-state index contributed by atoms with van der Waals surface area (Å²) in [5, 5.41) is 110. The van der Waals surface area contributed by atoms with Gasteiger partial charge >= 0.3 is 18.0 Å². The first-order chi connectivity index (χ1) is 68.1. The zero-order valence-corrected chi connectivity index (χ0v) is 81.5. The second-order valence-corrected chi connectivity index (χ2v) is 35.0. The number of hydrogen-bond acceptors (Lipinski definition) is 27. The lowest BCUT2D eigenvalue weighted by atomic mass is 10.00. The van der Waals surface area contributed by atoms with Gasteiger partial charge < -0.3 is 168 Å². The number of amides is 17. The molecule has 43 N–H and O–H groups in total. The standard InChI is InChI=1S/C90H142N32O19S2/c91-35-5-3-17-58(111-72(126)60(20-9-39-106-87(98)99)113-77(131)65(45-50-26-31-55(123)32-27-50)118-81(135)69(49-143)121-79(133)67(47-52-25-30-53-14-1-2-15-54(53)44-52)117-75(129)59(19-8-38-105-86(96)97)110-71(125)57(93)16-7-37-104-85(94)95)74(128)115-63(18-4-6-36-92)83(137)122-43-13-24-70(122)82(136)119-66(46-51-28-33-56(124)34-29-51)78(132)114-61(21-10-41-108-89(102)140)73(127)112-62(22-11-42-109-90(103)141)76(130)120-68(48-142)80(134)116-64(84(138)139)23-12-40-107-88(100)101/h1-2,14-15,25-34,44,57-70,123-124,142-143H,3-13,16-24,35-43,45-49,91-93H2,(H,110,125)(H,111,126)(H,112,127)(H,113,131)(H,114,132)(H,115,128)(H,116,134)(H,117,129)(H,118,135)(H,119,136)(H,120,130)(H,121,133)(H,138,139)(H4,94,95,104)(H4,96,97,105)(H4,98,99,106)(H4,100,101,107)(H3,102,108,140)(H3,103,109,141)/t57-,58-,59-,60-,61-,62-,63-,64-,65-,66-,67-,68-,69-,70-/m0/s1. The van der Waals surface area contributed by atoms with Gasteiger partial charge in [0.05, 0.1) is 6.04 Å². The topological polar surface area (TPSA) is 883 Å². The number of aromatic hydroxyl groups is 2. The summed E-state index contributed by atoms with van der Waals surface area (Å²) in [7, 11) is 0. The first-order valence-corrected chi connectivity index (χ1v) is 48.4. The molecule has 0 aromatic heterocycles. The van der Waals surface area contributed by atoms with E-state index in [1.54, 1.807) is 24.3 Å². The van der Waals surface area contributed by atoms with Crippen molar-refractivity contribution in [3.8, 4) is 11.5 Å². The minimum absolute atomic E-state index is 0.00708. The molecule has 4 aromatic rings. The number of nitrogens with zero attached hydrogens (tertiary/aromatic N) is 1. The summed E-state index contributed by atoms with van der Waals surface area (Å²) in [6, 6.07) is 0.866. The molecule has 4 aromatic carbocycles. The number of urea groups is 2. The molecule has 1 fully saturated rings. The van der Waals surface area contributed by atoms with Gasteiger partial charge in [-0.25, -0.2) is 14.4 Å². The molecule has 0 unspecified atom stereocenters. The normalized spacial score (nSPS) is 14.8. The Labute approximate surface area is 838 Å². The van der Waals surface area contributed by atoms with E-state index in [1.807, 2.05) is 18.2 Å². The monoisotopic (exact) mass is 2040 g/mol. The van der Waals surface area contributed by atoms with Crippen molar-refractivity contribution in [3.05, 3.63) is 108 Å². The van der Waals surface area contributed by atoms with Crippen LogP contribution in [-0.2, 0) is 86.4 Å². The maximum Gasteiger partial charge on any atom is 0.326 e. The Morgan fingerprint density at radius 1 is 0.343 bits per heavy atom. The van der Waals surface area contributed by atoms with Crippen molar-refractivity contribution in [2.75, 3.05) is 70.4 Å². The van der Waals surface area contributed by atoms with E-state index in [4.69, 9.17) is 73.2 Å². The van der Waals surface area contributed by atoms with Crippen LogP contribution in [0.5, 0.6) is 11.5 Å². The highest BCUT2D eigenvalue weighted by atomic mass is 32.1. The summed E-state index contributed by atoms with van der Waals surface area (Å²) in [5.41, 5.74) is 52.1. The molecule has 1 aliphatic heterocycles. The van der Waals surface area contributed by atoms with E-state index in [2.05, 4.69) is 121 Å². The number of phenolic OH excluding ortho intramolecular Hbond substituents is 2. The van der Waals surface area contributed by atoms with Crippen molar-refractivity contribution in [3.63, 3.8) is 0 Å². The van der Waals surface area contributed by atoms with E-state index in [0.717, 1.165) is 10.8 Å². The van der Waals surface area contributed by atoms with Crippen molar-refractivity contribution in [1.82, 2.24) is 101 Å². The number of hydrogen-bond donors (Lipinski definition) is 36. The van der Waals surface area contributed by atoms with Gasteiger partial charge in [0.15, 0.2) is 23.8 Å². The van der Waals surface area contributed by atoms with Gasteiger partial charge in [-0.05, 0) is 193 Å². The Bertz CT molecular complexity index is 4940. The number of primary amides is 2. The minimum atomic E-state index is -1.64. The molecule has 0 saturated carbocycles. The van der Waals surface area contributed by atoms with Crippen LogP contribution in [0.1, 0.15) is 145 Å². The lowest BCUT2D eigenvalue weighted by Gasteiger charge is -2.31. The number of benzene rings is 4. The van der Waals surface area contributed by atoms with E-state index in [1.165, 1.54) is 53.4 Å². The molecule has 53 heteroatoms. The third kappa shape index (κ3) is 44.9. The molecular weight excluding hydrogens is 1900 g/mol. The Morgan fingerprint density at radius 2 is 0.636 bits per heavy atom. The van der Waals surface area contributed by atoms with Crippen LogP contribution in [0.4, 0.5) is 9.59 Å². The van der Waals surface area contributed by atoms with Crippen LogP contribution in [0.25, 0.3) is 10.8 Å². The van der Waals surface area contributed by atoms with Gasteiger partial charge in [-0.2, -0.15) is 25.3 Å². The predicted molar refractivity (Wildman–Crippen MR) is 539 cm³/mol. The molecule has 0 radical (unpaired) electrons. The number of carbonyl (C=O) groups excluding carboxylic acids is 15. The van der Waals surface area contributed by atoms with Crippen molar-refractivity contribution < 1.29 is 92.0 Å². The van der Waals surface area contributed by atoms with Crippen LogP contribution < -0.4 is 147 Å². The second-order valence-electron chi connectivity index (χ2n) is 34.2. The molecule has 1 saturated heterocycles. The second kappa shape index (κ2) is 64.1. The molecular formula is C90H142N32O19S2. The molecule has 788 valence electrons. The van der Waals surface area contributed by atoms with Gasteiger partial charge in [-0.15, -0.1) is 0 Å². The molecule has 143 heavy (non-hydrogen) atoms. The Balaban J connectivity index is 1.47. The summed E-state index contributed by atoms with van der Waals surface area (Å²) in [4.78, 5) is 229. The number of rotatable bonds is 66. The largest absolute Gasteiger partial charge is 0.508 e. The lowest BCUT2D eigenvalue weighted by molar-refractivity contribution is -0.142. The summed E-state index contributed by atoms with van der Waals surface area (Å²) in [5.74, 6) is -16.2. The molecule has 17 amide bonds. The summed E-state index contributed by atoms with van der Waals surface area (Å²) < 4.78 is 0. The average Bonchev–Trinajstić information content (AvgIpc) is 1.45. The number of thiol groups is 2. The zero-order chi connectivity index (χ0) is 106. The number of nitrogens with two attached hydrogens (primary N) is 9. The van der Waals surface area contributed by atoms with Crippen LogP contribution in [0.15, 0.2) is 91.0 Å². The van der Waals surface area contributed by atoms with Crippen molar-refractivity contribution in [1.29, 1.82) is 21.6 Å². The number of guanidine groups is 4. The summed E-state index contributed by atoms with van der Waals surface area (Å²) in [6.45, 7) is 0.263. The first-order valence-electron chi connectivity index (χ1n) is 47.1. The van der Waals surface area contributed by atoms with Gasteiger partial charge in [0, 0.05) is 76.6 Å². The van der Waals surface area contributed by atoms with Gasteiger partial charge in [0.25, 0.3) is 0 Å². The van der Waals surface area contributed by atoms with Crippen LogP contribution in [-0.4, -0.2) is 294 Å². The van der Waals surface area contributed by atoms with E-state index in [0.29, 0.717) is 36.0 Å². The van der Waals surface area contributed by atoms with Crippen LogP contribution in [0.2, 0.25) is 0 Å². The number of phenols is 2. The number of carboxylic acid groups (broad SMARTS) is 1. The zero-order valence-electron chi connectivity index (χ0n) is 79.7. The smallest absolute Gasteiger partial charge is 0.326 e. The number of aliphatic carboxylic acids is 1. The van der Waals surface area contributed by atoms with Gasteiger partial charge in [0.1, 0.15) is 90.0 Å². The Kier molecular flexibility index (Phi) is 53.3. The summed E-state index contributed by atoms with van der Waals surface area (Å²) >= 11 is 8.68. The van der Waals surface area contributed by atoms with Crippen molar-refractivity contribution >= 4 is 155 Å². The molecule has 1 aliphatic rings.